The average molecular weight is 361 g/mol. The van der Waals surface area contributed by atoms with Gasteiger partial charge in [0.25, 0.3) is 5.91 Å². The zero-order valence-corrected chi connectivity index (χ0v) is 14.5. The highest BCUT2D eigenvalue weighted by Crippen LogP contribution is 2.15. The normalized spacial score (nSPS) is 11.3. The van der Waals surface area contributed by atoms with Gasteiger partial charge in [-0.25, -0.2) is 4.79 Å². The van der Waals surface area contributed by atoms with E-state index in [4.69, 9.17) is 16.3 Å². The summed E-state index contributed by atoms with van der Waals surface area (Å²) in [5.41, 5.74) is 1.40. The molecule has 1 atom stereocenters. The first kappa shape index (κ1) is 18.5. The molecule has 7 heteroatoms. The first-order chi connectivity index (χ1) is 11.8. The van der Waals surface area contributed by atoms with E-state index in [9.17, 15) is 14.4 Å². The third-order valence-corrected chi connectivity index (χ3v) is 3.46. The van der Waals surface area contributed by atoms with Gasteiger partial charge in [0.1, 0.15) is 0 Å². The second-order valence-electron chi connectivity index (χ2n) is 5.30. The van der Waals surface area contributed by atoms with E-state index >= 15 is 0 Å². The summed E-state index contributed by atoms with van der Waals surface area (Å²) < 4.78 is 5.15. The third kappa shape index (κ3) is 5.61. The van der Waals surface area contributed by atoms with Gasteiger partial charge in [0.05, 0.1) is 5.56 Å². The summed E-state index contributed by atoms with van der Waals surface area (Å²) in [6.07, 6.45) is -0.974. The van der Waals surface area contributed by atoms with Crippen molar-refractivity contribution in [3.05, 3.63) is 59.1 Å². The predicted molar refractivity (Wildman–Crippen MR) is 95.7 cm³/mol. The van der Waals surface area contributed by atoms with E-state index in [1.54, 1.807) is 36.4 Å². The molecule has 0 aliphatic carbocycles. The number of benzene rings is 2. The molecule has 2 N–H and O–H groups in total. The molecule has 0 saturated carbocycles. The molecule has 0 heterocycles. The zero-order chi connectivity index (χ0) is 18.4. The molecule has 0 saturated heterocycles. The van der Waals surface area contributed by atoms with Gasteiger partial charge in [-0.1, -0.05) is 11.6 Å². The van der Waals surface area contributed by atoms with Crippen molar-refractivity contribution < 1.29 is 19.1 Å². The van der Waals surface area contributed by atoms with Crippen LogP contribution in [0.5, 0.6) is 0 Å². The molecule has 2 aromatic rings. The van der Waals surface area contributed by atoms with Crippen molar-refractivity contribution in [1.29, 1.82) is 0 Å². The molecule has 0 radical (unpaired) electrons. The largest absolute Gasteiger partial charge is 0.449 e. The predicted octanol–water partition coefficient (Wildman–Crippen LogP) is 3.48. The van der Waals surface area contributed by atoms with Gasteiger partial charge in [-0.15, -0.1) is 0 Å². The van der Waals surface area contributed by atoms with Gasteiger partial charge in [0, 0.05) is 23.3 Å². The summed E-state index contributed by atoms with van der Waals surface area (Å²) in [6.45, 7) is 2.87. The molecule has 0 aromatic heterocycles. The Balaban J connectivity index is 1.93. The maximum absolute atomic E-state index is 12.1. The monoisotopic (exact) mass is 360 g/mol. The Bertz CT molecular complexity index is 773. The molecule has 0 aliphatic heterocycles. The van der Waals surface area contributed by atoms with E-state index in [1.165, 1.54) is 26.0 Å². The Labute approximate surface area is 150 Å². The SMILES string of the molecule is CC(=O)Nc1ccc(C(=O)OC(C)C(=O)Nc2ccc(Cl)cc2)cc1. The number of carbonyl (C=O) groups is 3. The number of ether oxygens (including phenoxy) is 1. The van der Waals surface area contributed by atoms with Gasteiger partial charge in [-0.2, -0.15) is 0 Å². The second-order valence-corrected chi connectivity index (χ2v) is 5.74. The van der Waals surface area contributed by atoms with Crippen LogP contribution in [0.3, 0.4) is 0 Å². The first-order valence-corrected chi connectivity index (χ1v) is 7.88. The maximum Gasteiger partial charge on any atom is 0.338 e. The minimum atomic E-state index is -0.974. The fraction of sp³-hybridized carbons (Fsp3) is 0.167. The van der Waals surface area contributed by atoms with Crippen LogP contribution in [0.25, 0.3) is 0 Å². The maximum atomic E-state index is 12.1. The van der Waals surface area contributed by atoms with Crippen molar-refractivity contribution in [1.82, 2.24) is 0 Å². The molecular weight excluding hydrogens is 344 g/mol. The van der Waals surface area contributed by atoms with E-state index in [-0.39, 0.29) is 11.5 Å². The van der Waals surface area contributed by atoms with Crippen LogP contribution < -0.4 is 10.6 Å². The van der Waals surface area contributed by atoms with Crippen LogP contribution in [0.4, 0.5) is 11.4 Å². The molecule has 0 fully saturated rings. The van der Waals surface area contributed by atoms with Crippen molar-refractivity contribution in [3.63, 3.8) is 0 Å². The number of amides is 2. The standard InChI is InChI=1S/C18H17ClN2O4/c1-11(17(23)21-16-9-5-14(19)6-10-16)25-18(24)13-3-7-15(8-4-13)20-12(2)22/h3-11H,1-2H3,(H,20,22)(H,21,23). The second kappa shape index (κ2) is 8.30. The topological polar surface area (TPSA) is 84.5 Å². The number of hydrogen-bond acceptors (Lipinski definition) is 4. The van der Waals surface area contributed by atoms with Gasteiger partial charge in [0.2, 0.25) is 5.91 Å². The van der Waals surface area contributed by atoms with Crippen molar-refractivity contribution in [2.75, 3.05) is 10.6 Å². The molecule has 2 amide bonds. The molecule has 0 aliphatic rings. The van der Waals surface area contributed by atoms with Crippen LogP contribution in [-0.4, -0.2) is 23.9 Å². The summed E-state index contributed by atoms with van der Waals surface area (Å²) in [4.78, 5) is 35.1. The first-order valence-electron chi connectivity index (χ1n) is 7.50. The van der Waals surface area contributed by atoms with Crippen LogP contribution in [0.1, 0.15) is 24.2 Å². The van der Waals surface area contributed by atoms with E-state index in [0.29, 0.717) is 16.4 Å². The van der Waals surface area contributed by atoms with Crippen LogP contribution in [0.15, 0.2) is 48.5 Å². The Hall–Kier alpha value is -2.86. The van der Waals surface area contributed by atoms with Crippen LogP contribution in [0.2, 0.25) is 5.02 Å². The Morgan fingerprint density at radius 2 is 1.44 bits per heavy atom. The molecule has 0 bridgehead atoms. The summed E-state index contributed by atoms with van der Waals surface area (Å²) in [7, 11) is 0. The molecule has 2 aromatic carbocycles. The van der Waals surface area contributed by atoms with E-state index < -0.39 is 18.0 Å². The molecular formula is C18H17ClN2O4. The Morgan fingerprint density at radius 3 is 2.00 bits per heavy atom. The minimum absolute atomic E-state index is 0.206. The van der Waals surface area contributed by atoms with Crippen LogP contribution in [0, 0.1) is 0 Å². The molecule has 25 heavy (non-hydrogen) atoms. The number of esters is 1. The highest BCUT2D eigenvalue weighted by Gasteiger charge is 2.19. The fourth-order valence-corrected chi connectivity index (χ4v) is 2.08. The van der Waals surface area contributed by atoms with Crippen LogP contribution in [-0.2, 0) is 14.3 Å². The summed E-state index contributed by atoms with van der Waals surface area (Å²) in [6, 6.07) is 12.8. The lowest BCUT2D eigenvalue weighted by molar-refractivity contribution is -0.123. The van der Waals surface area contributed by atoms with Crippen molar-refractivity contribution in [2.24, 2.45) is 0 Å². The van der Waals surface area contributed by atoms with Crippen molar-refractivity contribution in [3.8, 4) is 0 Å². The van der Waals surface area contributed by atoms with Crippen molar-refractivity contribution >= 4 is 40.8 Å². The Morgan fingerprint density at radius 1 is 0.920 bits per heavy atom. The van der Waals surface area contributed by atoms with Gasteiger partial charge < -0.3 is 15.4 Å². The summed E-state index contributed by atoms with van der Waals surface area (Å²) in [5.74, 6) is -1.29. The van der Waals surface area contributed by atoms with Gasteiger partial charge in [-0.05, 0) is 55.5 Å². The van der Waals surface area contributed by atoms with Gasteiger partial charge in [0.15, 0.2) is 6.10 Å². The third-order valence-electron chi connectivity index (χ3n) is 3.21. The number of halogens is 1. The van der Waals surface area contributed by atoms with Gasteiger partial charge in [-0.3, -0.25) is 9.59 Å². The van der Waals surface area contributed by atoms with Crippen molar-refractivity contribution in [2.45, 2.75) is 20.0 Å². The molecule has 2 rings (SSSR count). The lowest BCUT2D eigenvalue weighted by Gasteiger charge is -2.14. The number of rotatable bonds is 5. The number of carbonyl (C=O) groups excluding carboxylic acids is 3. The highest BCUT2D eigenvalue weighted by molar-refractivity contribution is 6.30. The summed E-state index contributed by atoms with van der Waals surface area (Å²) in [5, 5.41) is 5.79. The fourth-order valence-electron chi connectivity index (χ4n) is 1.95. The van der Waals surface area contributed by atoms with E-state index in [0.717, 1.165) is 0 Å². The quantitative estimate of drug-likeness (QED) is 0.799. The van der Waals surface area contributed by atoms with E-state index in [1.807, 2.05) is 0 Å². The molecule has 6 nitrogen and oxygen atoms in total. The number of anilines is 2. The Kier molecular flexibility index (Phi) is 6.14. The lowest BCUT2D eigenvalue weighted by Crippen LogP contribution is -2.30. The number of nitrogens with one attached hydrogen (secondary N) is 2. The van der Waals surface area contributed by atoms with Crippen LogP contribution >= 0.6 is 11.6 Å². The molecule has 1 unspecified atom stereocenters. The summed E-state index contributed by atoms with van der Waals surface area (Å²) >= 11 is 5.78. The highest BCUT2D eigenvalue weighted by atomic mass is 35.5. The lowest BCUT2D eigenvalue weighted by atomic mass is 10.2. The molecule has 0 spiro atoms. The number of hydrogen-bond donors (Lipinski definition) is 2. The van der Waals surface area contributed by atoms with Gasteiger partial charge >= 0.3 is 5.97 Å². The minimum Gasteiger partial charge on any atom is -0.449 e. The van der Waals surface area contributed by atoms with E-state index in [2.05, 4.69) is 10.6 Å². The average Bonchev–Trinajstić information content (AvgIpc) is 2.57. The zero-order valence-electron chi connectivity index (χ0n) is 13.7. The smallest absolute Gasteiger partial charge is 0.338 e. The molecule has 130 valence electrons.